The van der Waals surface area contributed by atoms with Gasteiger partial charge in [0.25, 0.3) is 0 Å². The van der Waals surface area contributed by atoms with Crippen molar-refractivity contribution in [2.45, 2.75) is 13.8 Å². The van der Waals surface area contributed by atoms with Crippen LogP contribution in [0.2, 0.25) is 0 Å². The van der Waals surface area contributed by atoms with Gasteiger partial charge in [-0.1, -0.05) is 66.2 Å². The van der Waals surface area contributed by atoms with Crippen molar-refractivity contribution in [3.63, 3.8) is 0 Å². The molecule has 0 aliphatic rings. The zero-order valence-corrected chi connectivity index (χ0v) is 14.5. The number of rotatable bonds is 3. The van der Waals surface area contributed by atoms with Crippen LogP contribution in [-0.4, -0.2) is 4.98 Å². The van der Waals surface area contributed by atoms with E-state index >= 15 is 0 Å². The second kappa shape index (κ2) is 6.40. The Labute approximate surface area is 148 Å². The maximum atomic E-state index is 4.86. The molecule has 0 aliphatic carbocycles. The molecular weight excluding hydrogens is 304 g/mol. The highest BCUT2D eigenvalue weighted by Gasteiger charge is 2.08. The van der Waals surface area contributed by atoms with Crippen molar-refractivity contribution in [3.05, 3.63) is 90.0 Å². The normalized spacial score (nSPS) is 10.8. The van der Waals surface area contributed by atoms with E-state index in [1.165, 1.54) is 11.1 Å². The molecule has 0 unspecified atom stereocenters. The van der Waals surface area contributed by atoms with Crippen LogP contribution in [0.25, 0.3) is 22.2 Å². The van der Waals surface area contributed by atoms with Gasteiger partial charge in [-0.3, -0.25) is 0 Å². The zero-order valence-electron chi connectivity index (χ0n) is 14.5. The van der Waals surface area contributed by atoms with Gasteiger partial charge >= 0.3 is 0 Å². The fourth-order valence-corrected chi connectivity index (χ4v) is 3.01. The third kappa shape index (κ3) is 3.11. The number of para-hydroxylation sites is 2. The summed E-state index contributed by atoms with van der Waals surface area (Å²) in [5.41, 5.74) is 7.78. The first-order valence-corrected chi connectivity index (χ1v) is 8.50. The van der Waals surface area contributed by atoms with Crippen LogP contribution in [0.4, 0.5) is 11.4 Å². The number of aryl methyl sites for hydroxylation is 2. The Morgan fingerprint density at radius 1 is 0.720 bits per heavy atom. The minimum atomic E-state index is 0.981. The van der Waals surface area contributed by atoms with Gasteiger partial charge < -0.3 is 5.32 Å². The molecule has 0 atom stereocenters. The number of hydrogen-bond donors (Lipinski definition) is 1. The number of fused-ring (bicyclic) bond motifs is 1. The molecule has 2 heteroatoms. The van der Waals surface area contributed by atoms with E-state index in [9.17, 15) is 0 Å². The van der Waals surface area contributed by atoms with Crippen LogP contribution in [0, 0.1) is 13.8 Å². The summed E-state index contributed by atoms with van der Waals surface area (Å²) in [5.74, 6) is 0. The van der Waals surface area contributed by atoms with Gasteiger partial charge in [-0.2, -0.15) is 0 Å². The van der Waals surface area contributed by atoms with Crippen LogP contribution >= 0.6 is 0 Å². The highest BCUT2D eigenvalue weighted by Crippen LogP contribution is 2.31. The molecule has 0 fully saturated rings. The third-order valence-electron chi connectivity index (χ3n) is 4.48. The molecule has 1 aromatic heterocycles. The van der Waals surface area contributed by atoms with E-state index in [4.69, 9.17) is 4.98 Å². The molecule has 0 spiro atoms. The molecule has 0 bridgehead atoms. The van der Waals surface area contributed by atoms with Gasteiger partial charge in [-0.05, 0) is 37.6 Å². The Kier molecular flexibility index (Phi) is 3.95. The number of pyridine rings is 1. The smallest absolute Gasteiger partial charge is 0.0730 e. The van der Waals surface area contributed by atoms with Crippen molar-refractivity contribution >= 4 is 22.3 Å². The number of nitrogens with one attached hydrogen (secondary N) is 1. The first-order valence-electron chi connectivity index (χ1n) is 8.50. The van der Waals surface area contributed by atoms with E-state index in [0.29, 0.717) is 0 Å². The van der Waals surface area contributed by atoms with Crippen molar-refractivity contribution in [2.24, 2.45) is 0 Å². The predicted octanol–water partition coefficient (Wildman–Crippen LogP) is 6.26. The highest BCUT2D eigenvalue weighted by atomic mass is 14.9. The second-order valence-electron chi connectivity index (χ2n) is 6.38. The van der Waals surface area contributed by atoms with E-state index in [-0.39, 0.29) is 0 Å². The van der Waals surface area contributed by atoms with Crippen molar-refractivity contribution in [1.82, 2.24) is 4.98 Å². The molecule has 0 aliphatic heterocycles. The lowest BCUT2D eigenvalue weighted by Gasteiger charge is -2.14. The molecule has 0 saturated carbocycles. The number of anilines is 2. The van der Waals surface area contributed by atoms with E-state index in [1.54, 1.807) is 0 Å². The maximum absolute atomic E-state index is 4.86. The topological polar surface area (TPSA) is 24.9 Å². The van der Waals surface area contributed by atoms with Gasteiger partial charge in [0.1, 0.15) is 0 Å². The van der Waals surface area contributed by atoms with Crippen molar-refractivity contribution in [1.29, 1.82) is 0 Å². The lowest BCUT2D eigenvalue weighted by atomic mass is 10.1. The molecule has 25 heavy (non-hydrogen) atoms. The molecule has 2 nitrogen and oxygen atoms in total. The first kappa shape index (κ1) is 15.4. The molecular formula is C23H20N2. The van der Waals surface area contributed by atoms with E-state index in [0.717, 1.165) is 33.5 Å². The largest absolute Gasteiger partial charge is 0.355 e. The van der Waals surface area contributed by atoms with Crippen LogP contribution in [0.3, 0.4) is 0 Å². The van der Waals surface area contributed by atoms with E-state index < -0.39 is 0 Å². The van der Waals surface area contributed by atoms with Gasteiger partial charge in [-0.25, -0.2) is 4.98 Å². The lowest BCUT2D eigenvalue weighted by Crippen LogP contribution is -1.96. The summed E-state index contributed by atoms with van der Waals surface area (Å²) in [6.45, 7) is 4.22. The molecule has 3 aromatic carbocycles. The van der Waals surface area contributed by atoms with Crippen LogP contribution in [0.1, 0.15) is 11.1 Å². The van der Waals surface area contributed by atoms with Gasteiger partial charge in [0, 0.05) is 16.6 Å². The average Bonchev–Trinajstić information content (AvgIpc) is 2.64. The summed E-state index contributed by atoms with van der Waals surface area (Å²) in [6, 6.07) is 27.3. The fourth-order valence-electron chi connectivity index (χ4n) is 3.01. The molecule has 4 rings (SSSR count). The summed E-state index contributed by atoms with van der Waals surface area (Å²) in [4.78, 5) is 4.86. The van der Waals surface area contributed by atoms with E-state index in [1.807, 2.05) is 6.07 Å². The Balaban J connectivity index is 1.87. The minimum absolute atomic E-state index is 0.981. The Bertz CT molecular complexity index is 1030. The summed E-state index contributed by atoms with van der Waals surface area (Å²) < 4.78 is 0. The molecule has 122 valence electrons. The lowest BCUT2D eigenvalue weighted by molar-refractivity contribution is 1.37. The summed E-state index contributed by atoms with van der Waals surface area (Å²) in [7, 11) is 0. The van der Waals surface area contributed by atoms with Crippen molar-refractivity contribution in [2.75, 3.05) is 5.32 Å². The Morgan fingerprint density at radius 3 is 2.24 bits per heavy atom. The maximum Gasteiger partial charge on any atom is 0.0730 e. The molecule has 0 radical (unpaired) electrons. The number of aromatic nitrogens is 1. The molecule has 1 N–H and O–H groups in total. The third-order valence-corrected chi connectivity index (χ3v) is 4.48. The minimum Gasteiger partial charge on any atom is -0.355 e. The van der Waals surface area contributed by atoms with Crippen LogP contribution in [0.15, 0.2) is 78.9 Å². The second-order valence-corrected chi connectivity index (χ2v) is 6.38. The van der Waals surface area contributed by atoms with Gasteiger partial charge in [0.15, 0.2) is 0 Å². The number of hydrogen-bond acceptors (Lipinski definition) is 2. The zero-order chi connectivity index (χ0) is 17.2. The molecule has 4 aromatic rings. The van der Waals surface area contributed by atoms with Gasteiger partial charge in [0.2, 0.25) is 0 Å². The van der Waals surface area contributed by atoms with Crippen LogP contribution in [-0.2, 0) is 0 Å². The first-order chi connectivity index (χ1) is 12.2. The predicted molar refractivity (Wildman–Crippen MR) is 106 cm³/mol. The average molecular weight is 324 g/mol. The Morgan fingerprint density at radius 2 is 1.44 bits per heavy atom. The van der Waals surface area contributed by atoms with Crippen LogP contribution < -0.4 is 5.32 Å². The quantitative estimate of drug-likeness (QED) is 0.481. The molecule has 0 saturated heterocycles. The van der Waals surface area contributed by atoms with Crippen molar-refractivity contribution in [3.8, 4) is 11.3 Å². The Hall–Kier alpha value is -3.13. The molecule has 0 amide bonds. The SMILES string of the molecule is Cc1ccc(-c2cc(Nc3ccccc3C)c3ccccc3n2)cc1. The number of benzene rings is 3. The molecule has 1 heterocycles. The standard InChI is InChI=1S/C23H20N2/c1-16-11-13-18(14-12-16)22-15-23(19-8-4-6-10-21(19)25-22)24-20-9-5-3-7-17(20)2/h3-15H,1-2H3,(H,24,25). The summed E-state index contributed by atoms with van der Waals surface area (Å²) in [6.07, 6.45) is 0. The summed E-state index contributed by atoms with van der Waals surface area (Å²) in [5, 5.41) is 4.72. The van der Waals surface area contributed by atoms with Crippen molar-refractivity contribution < 1.29 is 0 Å². The fraction of sp³-hybridized carbons (Fsp3) is 0.0870. The monoisotopic (exact) mass is 324 g/mol. The number of nitrogens with zero attached hydrogens (tertiary/aromatic N) is 1. The summed E-state index contributed by atoms with van der Waals surface area (Å²) >= 11 is 0. The highest BCUT2D eigenvalue weighted by molar-refractivity contribution is 5.95. The van der Waals surface area contributed by atoms with Crippen LogP contribution in [0.5, 0.6) is 0 Å². The van der Waals surface area contributed by atoms with Gasteiger partial charge in [-0.15, -0.1) is 0 Å². The van der Waals surface area contributed by atoms with Gasteiger partial charge in [0.05, 0.1) is 16.9 Å². The van der Waals surface area contributed by atoms with E-state index in [2.05, 4.69) is 92.0 Å².